The van der Waals surface area contributed by atoms with Crippen LogP contribution in [-0.2, 0) is 38.6 Å². The molecule has 0 saturated carbocycles. The molecule has 0 aromatic heterocycles. The third-order valence-electron chi connectivity index (χ3n) is 9.00. The van der Waals surface area contributed by atoms with E-state index in [1.54, 1.807) is 11.6 Å². The Morgan fingerprint density at radius 3 is 1.88 bits per heavy atom. The van der Waals surface area contributed by atoms with Crippen molar-refractivity contribution in [1.29, 1.82) is 0 Å². The van der Waals surface area contributed by atoms with Crippen molar-refractivity contribution in [1.82, 2.24) is 0 Å². The Hall–Kier alpha value is -4.46. The van der Waals surface area contributed by atoms with Crippen LogP contribution >= 0.6 is 0 Å². The summed E-state index contributed by atoms with van der Waals surface area (Å²) in [7, 11) is 0. The Bertz CT molecular complexity index is 1670. The van der Waals surface area contributed by atoms with Gasteiger partial charge in [-0.2, -0.15) is 0 Å². The zero-order valence-corrected chi connectivity index (χ0v) is 37.7. The number of hydrogen-bond donors (Lipinski definition) is 1. The van der Waals surface area contributed by atoms with E-state index >= 15 is 0 Å². The van der Waals surface area contributed by atoms with Gasteiger partial charge < -0.3 is 5.73 Å². The smallest absolute Gasteiger partial charge is 0.0178 e. The highest BCUT2D eigenvalue weighted by atomic mass is 14.5. The summed E-state index contributed by atoms with van der Waals surface area (Å²) in [6.45, 7) is 38.8. The van der Waals surface area contributed by atoms with Gasteiger partial charge in [0, 0.05) is 6.54 Å². The molecule has 0 bridgehead atoms. The molecule has 0 atom stereocenters. The minimum atomic E-state index is 0.587. The fourth-order valence-corrected chi connectivity index (χ4v) is 6.26. The van der Waals surface area contributed by atoms with Crippen LogP contribution in [0.2, 0.25) is 0 Å². The molecule has 0 fully saturated rings. The van der Waals surface area contributed by atoms with E-state index in [1.165, 1.54) is 93.3 Å². The zero-order chi connectivity index (χ0) is 42.7. The highest BCUT2D eigenvalue weighted by Gasteiger charge is 2.18. The van der Waals surface area contributed by atoms with Crippen molar-refractivity contribution in [2.75, 3.05) is 0 Å². The van der Waals surface area contributed by atoms with Gasteiger partial charge in [-0.25, -0.2) is 0 Å². The first-order chi connectivity index (χ1) is 27.3. The molecule has 1 aliphatic carbocycles. The Kier molecular flexibility index (Phi) is 33.5. The van der Waals surface area contributed by atoms with Crippen LogP contribution in [0.3, 0.4) is 0 Å². The molecule has 0 saturated heterocycles. The van der Waals surface area contributed by atoms with Gasteiger partial charge in [0.1, 0.15) is 0 Å². The van der Waals surface area contributed by atoms with Gasteiger partial charge in [-0.15, -0.1) is 26.3 Å². The van der Waals surface area contributed by atoms with E-state index in [9.17, 15) is 0 Å². The molecule has 1 nitrogen and oxygen atoms in total. The first-order valence-corrected chi connectivity index (χ1v) is 21.4. The van der Waals surface area contributed by atoms with Gasteiger partial charge in [0.2, 0.25) is 0 Å². The molecule has 1 aliphatic rings. The topological polar surface area (TPSA) is 26.0 Å². The van der Waals surface area contributed by atoms with Crippen LogP contribution in [0.25, 0.3) is 17.2 Å². The Balaban J connectivity index is 0. The molecule has 2 N–H and O–H groups in total. The summed E-state index contributed by atoms with van der Waals surface area (Å²) < 4.78 is 0. The number of hydrogen-bond acceptors (Lipinski definition) is 1. The van der Waals surface area contributed by atoms with Crippen LogP contribution in [0.1, 0.15) is 139 Å². The molecule has 4 aromatic rings. The Morgan fingerprint density at radius 2 is 1.34 bits per heavy atom. The lowest BCUT2D eigenvalue weighted by Gasteiger charge is -2.13. The van der Waals surface area contributed by atoms with Gasteiger partial charge in [0.25, 0.3) is 0 Å². The fourth-order valence-electron chi connectivity index (χ4n) is 6.26. The van der Waals surface area contributed by atoms with E-state index < -0.39 is 0 Å². The lowest BCUT2D eigenvalue weighted by Crippen LogP contribution is -1.98. The van der Waals surface area contributed by atoms with Crippen molar-refractivity contribution in [2.45, 2.75) is 140 Å². The summed E-state index contributed by atoms with van der Waals surface area (Å²) in [5.41, 5.74) is 22.5. The number of allylic oxidation sites excluding steroid dienone is 4. The van der Waals surface area contributed by atoms with E-state index in [0.717, 1.165) is 32.1 Å². The number of nitrogens with two attached hydrogens (primary N) is 1. The first kappa shape index (κ1) is 53.6. The van der Waals surface area contributed by atoms with Crippen LogP contribution in [0, 0.1) is 6.92 Å². The van der Waals surface area contributed by atoms with Crippen LogP contribution < -0.4 is 5.73 Å². The fraction of sp³-hybridized carbons (Fsp3) is 0.382. The summed E-state index contributed by atoms with van der Waals surface area (Å²) in [6, 6.07) is 30.6. The summed E-state index contributed by atoms with van der Waals surface area (Å²) in [6.07, 6.45) is 17.6. The SMILES string of the molecule is C=C.C=C(CCC)Cc1ccccc1C.C=CC.C=CCC1=Cc2cc(CC)cc(-c3cccc(CN)c3)c2C1.CC.CC.CCCCc1ccccc1CC. The molecule has 1 heteroatoms. The Labute approximate surface area is 347 Å². The normalized spacial score (nSPS) is 10.1. The van der Waals surface area contributed by atoms with Gasteiger partial charge in [-0.3, -0.25) is 0 Å². The minimum absolute atomic E-state index is 0.587. The van der Waals surface area contributed by atoms with Gasteiger partial charge in [0.15, 0.2) is 0 Å². The highest BCUT2D eigenvalue weighted by molar-refractivity contribution is 5.78. The molecule has 0 radical (unpaired) electrons. The maximum Gasteiger partial charge on any atom is 0.0178 e. The number of unbranched alkanes of at least 4 members (excludes halogenated alkanes) is 1. The lowest BCUT2D eigenvalue weighted by molar-refractivity contribution is 0.787. The number of benzene rings is 4. The minimum Gasteiger partial charge on any atom is -0.326 e. The summed E-state index contributed by atoms with van der Waals surface area (Å²) in [5.74, 6) is 0. The van der Waals surface area contributed by atoms with Crippen LogP contribution in [0.5, 0.6) is 0 Å². The van der Waals surface area contributed by atoms with E-state index in [1.807, 2.05) is 40.7 Å². The van der Waals surface area contributed by atoms with E-state index in [2.05, 4.69) is 159 Å². The van der Waals surface area contributed by atoms with Gasteiger partial charge in [-0.05, 0) is 127 Å². The van der Waals surface area contributed by atoms with Crippen LogP contribution in [0.4, 0.5) is 0 Å². The average Bonchev–Trinajstić information content (AvgIpc) is 3.66. The second-order valence-electron chi connectivity index (χ2n) is 13.2. The molecule has 306 valence electrons. The van der Waals surface area contributed by atoms with Gasteiger partial charge in [-0.1, -0.05) is 183 Å². The maximum atomic E-state index is 5.81. The van der Waals surface area contributed by atoms with Crippen molar-refractivity contribution in [3.05, 3.63) is 186 Å². The summed E-state index contributed by atoms with van der Waals surface area (Å²) in [5, 5.41) is 0. The predicted molar refractivity (Wildman–Crippen MR) is 259 cm³/mol. The zero-order valence-electron chi connectivity index (χ0n) is 37.7. The predicted octanol–water partition coefficient (Wildman–Crippen LogP) is 16.4. The van der Waals surface area contributed by atoms with Crippen LogP contribution in [0.15, 0.2) is 141 Å². The molecule has 0 amide bonds. The van der Waals surface area contributed by atoms with Crippen molar-refractivity contribution in [3.63, 3.8) is 0 Å². The second kappa shape index (κ2) is 35.0. The van der Waals surface area contributed by atoms with Crippen molar-refractivity contribution in [2.24, 2.45) is 5.73 Å². The first-order valence-electron chi connectivity index (χ1n) is 21.4. The summed E-state index contributed by atoms with van der Waals surface area (Å²) in [4.78, 5) is 0. The molecular weight excluding hydrogens is 675 g/mol. The molecular formula is C55H81N. The highest BCUT2D eigenvalue weighted by Crippen LogP contribution is 2.36. The van der Waals surface area contributed by atoms with Crippen molar-refractivity contribution >= 4 is 6.08 Å². The molecule has 4 aromatic carbocycles. The quantitative estimate of drug-likeness (QED) is 0.135. The number of rotatable bonds is 13. The van der Waals surface area contributed by atoms with E-state index in [4.69, 9.17) is 5.73 Å². The molecule has 0 heterocycles. The third kappa shape index (κ3) is 20.5. The van der Waals surface area contributed by atoms with Gasteiger partial charge in [0.05, 0.1) is 0 Å². The standard InChI is InChI=1S/C21H23N.C13H18.C12H18.C3H6.2C2H6.C2H4/c1-3-6-16-10-19-9-15(4-2)12-20(21(19)13-16)18-8-5-7-17(11-18)14-22;1-4-7-11(2)10-13-9-6-5-8-12(13)3;1-3-5-8-12-10-7-6-9-11(12)4-2;1-3-2;3*1-2/h3,5,7-12H,1,4,6,13-14,22H2,2H3;5-6,8-9H,2,4,7,10H2,1,3H3;6-7,9-10H,3-5,8H2,1-2H3;3H,1H2,2H3;2*1-2H3;1-2H2. The molecule has 56 heavy (non-hydrogen) atoms. The molecule has 0 spiro atoms. The average molecular weight is 756 g/mol. The molecule has 0 unspecified atom stereocenters. The maximum absolute atomic E-state index is 5.81. The Morgan fingerprint density at radius 1 is 0.732 bits per heavy atom. The van der Waals surface area contributed by atoms with Crippen molar-refractivity contribution in [3.8, 4) is 11.1 Å². The monoisotopic (exact) mass is 756 g/mol. The summed E-state index contributed by atoms with van der Waals surface area (Å²) >= 11 is 0. The second-order valence-corrected chi connectivity index (χ2v) is 13.2. The van der Waals surface area contributed by atoms with Crippen LogP contribution in [-0.4, -0.2) is 0 Å². The molecule has 0 aliphatic heterocycles. The van der Waals surface area contributed by atoms with Crippen molar-refractivity contribution < 1.29 is 0 Å². The van der Waals surface area contributed by atoms with E-state index in [-0.39, 0.29) is 0 Å². The lowest BCUT2D eigenvalue weighted by atomic mass is 9.92. The van der Waals surface area contributed by atoms with E-state index in [0.29, 0.717) is 6.54 Å². The number of aryl methyl sites for hydroxylation is 4. The number of fused-ring (bicyclic) bond motifs is 1. The van der Waals surface area contributed by atoms with Gasteiger partial charge >= 0.3 is 0 Å². The largest absolute Gasteiger partial charge is 0.326 e. The molecule has 5 rings (SSSR count). The third-order valence-corrected chi connectivity index (χ3v) is 9.00.